The number of hydrogen-bond acceptors (Lipinski definition) is 4. The highest BCUT2D eigenvalue weighted by Gasteiger charge is 2.37. The largest absolute Gasteiger partial charge is 0.465 e. The molecule has 0 radical (unpaired) electrons. The lowest BCUT2D eigenvalue weighted by Gasteiger charge is -2.32. The van der Waals surface area contributed by atoms with Gasteiger partial charge in [-0.1, -0.05) is 12.8 Å². The van der Waals surface area contributed by atoms with Crippen molar-refractivity contribution in [2.45, 2.75) is 76.4 Å². The Labute approximate surface area is 128 Å². The number of hydrogen-bond donors (Lipinski definition) is 1. The molecule has 3 rings (SSSR count). The molecular weight excluding hydrogens is 264 g/mol. The lowest BCUT2D eigenvalue weighted by Crippen LogP contribution is -2.50. The summed E-state index contributed by atoms with van der Waals surface area (Å²) < 4.78 is 5.28. The predicted molar refractivity (Wildman–Crippen MR) is 83.1 cm³/mol. The molecule has 2 aliphatic carbocycles. The van der Waals surface area contributed by atoms with Gasteiger partial charge in [0.05, 0.1) is 6.61 Å². The van der Waals surface area contributed by atoms with Crippen molar-refractivity contribution in [3.05, 3.63) is 0 Å². The van der Waals surface area contributed by atoms with E-state index in [0.717, 1.165) is 19.0 Å². The van der Waals surface area contributed by atoms with Crippen LogP contribution in [0.3, 0.4) is 0 Å². The van der Waals surface area contributed by atoms with Crippen LogP contribution in [0.2, 0.25) is 0 Å². The summed E-state index contributed by atoms with van der Waals surface area (Å²) in [5.41, 5.74) is 0. The summed E-state index contributed by atoms with van der Waals surface area (Å²) in [6.07, 6.45) is 10.6. The minimum atomic E-state index is -0.126. The number of nitrogens with one attached hydrogen (secondary N) is 1. The van der Waals surface area contributed by atoms with Crippen LogP contribution in [0, 0.1) is 5.92 Å². The summed E-state index contributed by atoms with van der Waals surface area (Å²) in [4.78, 5) is 14.8. The Balaban J connectivity index is 1.58. The molecule has 2 unspecified atom stereocenters. The molecule has 2 saturated carbocycles. The Morgan fingerprint density at radius 1 is 1.19 bits per heavy atom. The summed E-state index contributed by atoms with van der Waals surface area (Å²) >= 11 is 0. The number of carbonyl (C=O) groups is 1. The number of nitrogens with zero attached hydrogens (tertiary/aromatic N) is 1. The first-order chi connectivity index (χ1) is 10.3. The highest BCUT2D eigenvalue weighted by molar-refractivity contribution is 5.76. The van der Waals surface area contributed by atoms with Crippen LogP contribution < -0.4 is 5.32 Å². The molecule has 1 N–H and O–H groups in total. The smallest absolute Gasteiger partial charge is 0.324 e. The molecule has 2 atom stereocenters. The van der Waals surface area contributed by atoms with Crippen LogP contribution in [-0.2, 0) is 9.53 Å². The van der Waals surface area contributed by atoms with Gasteiger partial charge in [-0.2, -0.15) is 0 Å². The minimum Gasteiger partial charge on any atom is -0.465 e. The third kappa shape index (κ3) is 3.98. The molecule has 3 fully saturated rings. The quantitative estimate of drug-likeness (QED) is 0.732. The highest BCUT2D eigenvalue weighted by atomic mass is 16.5. The van der Waals surface area contributed by atoms with Crippen LogP contribution in [0.5, 0.6) is 0 Å². The normalized spacial score (nSPS) is 28.9. The van der Waals surface area contributed by atoms with E-state index in [-0.39, 0.29) is 12.0 Å². The van der Waals surface area contributed by atoms with Gasteiger partial charge >= 0.3 is 5.97 Å². The fraction of sp³-hybridized carbons (Fsp3) is 0.941. The molecule has 21 heavy (non-hydrogen) atoms. The Bertz CT molecular complexity index is 351. The van der Waals surface area contributed by atoms with E-state index in [9.17, 15) is 4.79 Å². The maximum atomic E-state index is 12.2. The Hall–Kier alpha value is -0.610. The number of ether oxygens (including phenoxy) is 1. The predicted octanol–water partition coefficient (Wildman–Crippen LogP) is 2.32. The standard InChI is InChI=1S/C17H30N2O2/c1-2-21-17(20)15(18-14-9-10-14)12-19-11-5-8-16(19)13-6-3-4-7-13/h13-16,18H,2-12H2,1H3. The third-order valence-corrected chi connectivity index (χ3v) is 5.36. The Morgan fingerprint density at radius 2 is 1.95 bits per heavy atom. The van der Waals surface area contributed by atoms with Gasteiger partial charge in [-0.3, -0.25) is 9.69 Å². The minimum absolute atomic E-state index is 0.0542. The lowest BCUT2D eigenvalue weighted by molar-refractivity contribution is -0.146. The summed E-state index contributed by atoms with van der Waals surface area (Å²) in [6, 6.07) is 1.14. The van der Waals surface area contributed by atoms with Gasteiger partial charge in [0.25, 0.3) is 0 Å². The van der Waals surface area contributed by atoms with Gasteiger partial charge in [0, 0.05) is 18.6 Å². The molecule has 1 saturated heterocycles. The second-order valence-electron chi connectivity index (χ2n) is 6.99. The summed E-state index contributed by atoms with van der Waals surface area (Å²) in [7, 11) is 0. The van der Waals surface area contributed by atoms with Gasteiger partial charge in [0.1, 0.15) is 6.04 Å². The molecule has 0 spiro atoms. The van der Waals surface area contributed by atoms with Gasteiger partial charge in [0.2, 0.25) is 0 Å². The molecular formula is C17H30N2O2. The molecule has 0 aromatic rings. The van der Waals surface area contributed by atoms with Gasteiger partial charge < -0.3 is 10.1 Å². The van der Waals surface area contributed by atoms with Crippen molar-refractivity contribution >= 4 is 5.97 Å². The average molecular weight is 294 g/mol. The van der Waals surface area contributed by atoms with Gasteiger partial charge in [-0.25, -0.2) is 0 Å². The lowest BCUT2D eigenvalue weighted by atomic mass is 9.96. The fourth-order valence-corrected chi connectivity index (χ4v) is 4.16. The number of likely N-dealkylation sites (tertiary alicyclic amines) is 1. The molecule has 1 aliphatic heterocycles. The topological polar surface area (TPSA) is 41.6 Å². The first kappa shape index (κ1) is 15.3. The summed E-state index contributed by atoms with van der Waals surface area (Å²) in [5, 5.41) is 3.50. The average Bonchev–Trinajstić information content (AvgIpc) is 2.95. The summed E-state index contributed by atoms with van der Waals surface area (Å²) in [6.45, 7) is 4.37. The SMILES string of the molecule is CCOC(=O)C(CN1CCCC1C1CCCC1)NC1CC1. The molecule has 0 aromatic heterocycles. The van der Waals surface area contributed by atoms with Crippen molar-refractivity contribution in [3.8, 4) is 0 Å². The van der Waals surface area contributed by atoms with E-state index in [1.165, 1.54) is 51.4 Å². The molecule has 4 heteroatoms. The molecule has 0 amide bonds. The maximum Gasteiger partial charge on any atom is 0.324 e. The molecule has 0 bridgehead atoms. The zero-order valence-corrected chi connectivity index (χ0v) is 13.4. The molecule has 0 aromatic carbocycles. The van der Waals surface area contributed by atoms with Crippen molar-refractivity contribution in [2.24, 2.45) is 5.92 Å². The van der Waals surface area contributed by atoms with E-state index in [2.05, 4.69) is 10.2 Å². The van der Waals surface area contributed by atoms with E-state index in [4.69, 9.17) is 4.74 Å². The van der Waals surface area contributed by atoms with Crippen LogP contribution in [0.15, 0.2) is 0 Å². The van der Waals surface area contributed by atoms with Crippen molar-refractivity contribution in [2.75, 3.05) is 19.7 Å². The molecule has 1 heterocycles. The monoisotopic (exact) mass is 294 g/mol. The highest BCUT2D eigenvalue weighted by Crippen LogP contribution is 2.35. The van der Waals surface area contributed by atoms with Crippen LogP contribution in [0.1, 0.15) is 58.3 Å². The van der Waals surface area contributed by atoms with Gasteiger partial charge in [0.15, 0.2) is 0 Å². The van der Waals surface area contributed by atoms with E-state index in [1.807, 2.05) is 6.92 Å². The zero-order chi connectivity index (χ0) is 14.7. The number of esters is 1. The van der Waals surface area contributed by atoms with Crippen LogP contribution in [-0.4, -0.2) is 48.7 Å². The maximum absolute atomic E-state index is 12.2. The first-order valence-electron chi connectivity index (χ1n) is 8.94. The number of rotatable bonds is 7. The fourth-order valence-electron chi connectivity index (χ4n) is 4.16. The first-order valence-corrected chi connectivity index (χ1v) is 8.94. The van der Waals surface area contributed by atoms with Crippen molar-refractivity contribution in [3.63, 3.8) is 0 Å². The van der Waals surface area contributed by atoms with Crippen LogP contribution in [0.4, 0.5) is 0 Å². The second-order valence-corrected chi connectivity index (χ2v) is 6.99. The molecule has 4 nitrogen and oxygen atoms in total. The molecule has 3 aliphatic rings. The van der Waals surface area contributed by atoms with E-state index >= 15 is 0 Å². The Morgan fingerprint density at radius 3 is 2.62 bits per heavy atom. The number of carbonyl (C=O) groups excluding carboxylic acids is 1. The van der Waals surface area contributed by atoms with Gasteiger partial charge in [-0.05, 0) is 57.9 Å². The Kier molecular flexibility index (Phi) is 5.17. The van der Waals surface area contributed by atoms with Crippen molar-refractivity contribution in [1.82, 2.24) is 10.2 Å². The van der Waals surface area contributed by atoms with E-state index in [0.29, 0.717) is 18.7 Å². The van der Waals surface area contributed by atoms with Crippen LogP contribution in [0.25, 0.3) is 0 Å². The van der Waals surface area contributed by atoms with Crippen molar-refractivity contribution < 1.29 is 9.53 Å². The van der Waals surface area contributed by atoms with Gasteiger partial charge in [-0.15, -0.1) is 0 Å². The third-order valence-electron chi connectivity index (χ3n) is 5.36. The van der Waals surface area contributed by atoms with E-state index < -0.39 is 0 Å². The van der Waals surface area contributed by atoms with Crippen molar-refractivity contribution in [1.29, 1.82) is 0 Å². The van der Waals surface area contributed by atoms with E-state index in [1.54, 1.807) is 0 Å². The summed E-state index contributed by atoms with van der Waals surface area (Å²) in [5.74, 6) is 0.817. The van der Waals surface area contributed by atoms with Crippen LogP contribution >= 0.6 is 0 Å². The molecule has 120 valence electrons. The zero-order valence-electron chi connectivity index (χ0n) is 13.4. The second kappa shape index (κ2) is 7.10.